The molecular weight excluding hydrogens is 298 g/mol. The molecule has 24 heavy (non-hydrogen) atoms. The number of carbonyl (C=O) groups excluding carboxylic acids is 1. The highest BCUT2D eigenvalue weighted by molar-refractivity contribution is 5.94. The van der Waals surface area contributed by atoms with Crippen LogP contribution in [0.4, 0.5) is 0 Å². The SMILES string of the molecule is O=C(NCC1(N2CCCCC2)CN2CCC1CC2)c1ccccc1. The van der Waals surface area contributed by atoms with Gasteiger partial charge in [-0.1, -0.05) is 24.6 Å². The molecule has 0 aromatic heterocycles. The average Bonchev–Trinajstić information content (AvgIpc) is 2.68. The maximum absolute atomic E-state index is 12.6. The van der Waals surface area contributed by atoms with Crippen LogP contribution >= 0.6 is 0 Å². The predicted octanol–water partition coefficient (Wildman–Crippen LogP) is 2.37. The molecule has 4 aliphatic heterocycles. The van der Waals surface area contributed by atoms with E-state index < -0.39 is 0 Å². The molecule has 4 saturated heterocycles. The summed E-state index contributed by atoms with van der Waals surface area (Å²) >= 11 is 0. The van der Waals surface area contributed by atoms with Gasteiger partial charge < -0.3 is 10.2 Å². The largest absolute Gasteiger partial charge is 0.350 e. The van der Waals surface area contributed by atoms with E-state index in [0.717, 1.165) is 24.6 Å². The molecule has 130 valence electrons. The highest BCUT2D eigenvalue weighted by atomic mass is 16.1. The normalized spacial score (nSPS) is 33.3. The summed E-state index contributed by atoms with van der Waals surface area (Å²) in [6.45, 7) is 6.81. The number of amides is 1. The summed E-state index contributed by atoms with van der Waals surface area (Å²) in [5.74, 6) is 0.806. The summed E-state index contributed by atoms with van der Waals surface area (Å²) < 4.78 is 0. The van der Waals surface area contributed by atoms with Crippen molar-refractivity contribution >= 4 is 5.91 Å². The van der Waals surface area contributed by atoms with E-state index in [4.69, 9.17) is 0 Å². The van der Waals surface area contributed by atoms with Crippen LogP contribution in [0.3, 0.4) is 0 Å². The summed E-state index contributed by atoms with van der Waals surface area (Å²) in [7, 11) is 0. The molecule has 1 aromatic rings. The minimum Gasteiger partial charge on any atom is -0.350 e. The molecule has 0 aliphatic carbocycles. The number of likely N-dealkylation sites (tertiary alicyclic amines) is 1. The van der Waals surface area contributed by atoms with E-state index in [1.165, 1.54) is 58.3 Å². The molecular formula is C20H29N3O. The Morgan fingerprint density at radius 2 is 1.75 bits per heavy atom. The number of hydrogen-bond donors (Lipinski definition) is 1. The predicted molar refractivity (Wildman–Crippen MR) is 96.1 cm³/mol. The second kappa shape index (κ2) is 6.85. The molecule has 4 heteroatoms. The molecule has 1 unspecified atom stereocenters. The first-order chi connectivity index (χ1) is 11.8. The molecule has 1 aromatic carbocycles. The van der Waals surface area contributed by atoms with E-state index in [0.29, 0.717) is 0 Å². The minimum absolute atomic E-state index is 0.0726. The quantitative estimate of drug-likeness (QED) is 0.922. The van der Waals surface area contributed by atoms with Crippen LogP contribution in [0.25, 0.3) is 0 Å². The number of hydrogen-bond acceptors (Lipinski definition) is 3. The number of carbonyl (C=O) groups is 1. The number of benzene rings is 1. The van der Waals surface area contributed by atoms with Crippen LogP contribution in [0.15, 0.2) is 30.3 Å². The highest BCUT2D eigenvalue weighted by Crippen LogP contribution is 2.40. The molecule has 4 fully saturated rings. The van der Waals surface area contributed by atoms with Gasteiger partial charge in [0.1, 0.15) is 0 Å². The molecule has 0 spiro atoms. The summed E-state index contributed by atoms with van der Waals surface area (Å²) in [6, 6.07) is 9.63. The fourth-order valence-electron chi connectivity index (χ4n) is 5.08. The van der Waals surface area contributed by atoms with E-state index in [-0.39, 0.29) is 11.4 Å². The van der Waals surface area contributed by atoms with Gasteiger partial charge in [0.2, 0.25) is 0 Å². The first-order valence-corrected chi connectivity index (χ1v) is 9.59. The second-order valence-corrected chi connectivity index (χ2v) is 7.75. The third-order valence-corrected chi connectivity index (χ3v) is 6.42. The molecule has 5 rings (SSSR count). The van der Waals surface area contributed by atoms with Gasteiger partial charge in [-0.2, -0.15) is 0 Å². The standard InChI is InChI=1S/C20H29N3O/c24-19(17-7-3-1-4-8-17)21-15-20(23-11-5-2-6-12-23)16-22-13-9-18(20)10-14-22/h1,3-4,7-8,18H,2,5-6,9-16H2,(H,21,24). The van der Waals surface area contributed by atoms with Crippen molar-refractivity contribution in [3.05, 3.63) is 35.9 Å². The smallest absolute Gasteiger partial charge is 0.251 e. The summed E-state index contributed by atoms with van der Waals surface area (Å²) in [5.41, 5.74) is 0.925. The molecule has 0 radical (unpaired) electrons. The van der Waals surface area contributed by atoms with Gasteiger partial charge in [0.25, 0.3) is 5.91 Å². The molecule has 1 N–H and O–H groups in total. The van der Waals surface area contributed by atoms with Crippen LogP contribution in [0.5, 0.6) is 0 Å². The van der Waals surface area contributed by atoms with Crippen LogP contribution in [-0.4, -0.2) is 60.5 Å². The van der Waals surface area contributed by atoms with Gasteiger partial charge >= 0.3 is 0 Å². The van der Waals surface area contributed by atoms with Gasteiger partial charge in [-0.3, -0.25) is 9.69 Å². The van der Waals surface area contributed by atoms with Gasteiger partial charge in [-0.15, -0.1) is 0 Å². The van der Waals surface area contributed by atoms with Gasteiger partial charge in [0.05, 0.1) is 5.54 Å². The van der Waals surface area contributed by atoms with Crippen LogP contribution in [0, 0.1) is 5.92 Å². The lowest BCUT2D eigenvalue weighted by molar-refractivity contribution is -0.0769. The topological polar surface area (TPSA) is 35.6 Å². The van der Waals surface area contributed by atoms with E-state index in [1.54, 1.807) is 0 Å². The van der Waals surface area contributed by atoms with Gasteiger partial charge in [0, 0.05) is 18.7 Å². The van der Waals surface area contributed by atoms with Crippen molar-refractivity contribution in [1.29, 1.82) is 0 Å². The summed E-state index contributed by atoms with van der Waals surface area (Å²) in [6.07, 6.45) is 6.55. The Morgan fingerprint density at radius 1 is 1.04 bits per heavy atom. The van der Waals surface area contributed by atoms with Crippen LogP contribution in [0.2, 0.25) is 0 Å². The Morgan fingerprint density at radius 3 is 2.38 bits per heavy atom. The van der Waals surface area contributed by atoms with E-state index in [9.17, 15) is 4.79 Å². The maximum Gasteiger partial charge on any atom is 0.251 e. The maximum atomic E-state index is 12.6. The zero-order valence-corrected chi connectivity index (χ0v) is 14.5. The molecule has 0 saturated carbocycles. The van der Waals surface area contributed by atoms with Crippen molar-refractivity contribution in [2.75, 3.05) is 39.3 Å². The van der Waals surface area contributed by atoms with Crippen LogP contribution in [0.1, 0.15) is 42.5 Å². The lowest BCUT2D eigenvalue weighted by Gasteiger charge is -2.59. The fraction of sp³-hybridized carbons (Fsp3) is 0.650. The average molecular weight is 327 g/mol. The lowest BCUT2D eigenvalue weighted by atomic mass is 9.71. The van der Waals surface area contributed by atoms with E-state index in [2.05, 4.69) is 15.1 Å². The van der Waals surface area contributed by atoms with Crippen molar-refractivity contribution in [2.45, 2.75) is 37.6 Å². The summed E-state index contributed by atoms with van der Waals surface area (Å²) in [5, 5.41) is 3.28. The van der Waals surface area contributed by atoms with Crippen molar-refractivity contribution in [1.82, 2.24) is 15.1 Å². The second-order valence-electron chi connectivity index (χ2n) is 7.75. The Balaban J connectivity index is 1.51. The number of rotatable bonds is 4. The Labute approximate surface area is 145 Å². The van der Waals surface area contributed by atoms with Crippen LogP contribution < -0.4 is 5.32 Å². The molecule has 4 heterocycles. The van der Waals surface area contributed by atoms with E-state index >= 15 is 0 Å². The molecule has 4 nitrogen and oxygen atoms in total. The first kappa shape index (κ1) is 16.1. The fourth-order valence-corrected chi connectivity index (χ4v) is 5.08. The number of nitrogens with one attached hydrogen (secondary N) is 1. The van der Waals surface area contributed by atoms with Gasteiger partial charge in [-0.25, -0.2) is 0 Å². The van der Waals surface area contributed by atoms with Gasteiger partial charge in [0.15, 0.2) is 0 Å². The van der Waals surface area contributed by atoms with Crippen molar-refractivity contribution in [3.63, 3.8) is 0 Å². The monoisotopic (exact) mass is 327 g/mol. The minimum atomic E-state index is 0.0726. The number of nitrogens with zero attached hydrogens (tertiary/aromatic N) is 2. The van der Waals surface area contributed by atoms with Crippen molar-refractivity contribution in [2.24, 2.45) is 5.92 Å². The van der Waals surface area contributed by atoms with Crippen LogP contribution in [-0.2, 0) is 0 Å². The zero-order chi connectivity index (χ0) is 16.4. The van der Waals surface area contributed by atoms with Gasteiger partial charge in [-0.05, 0) is 69.9 Å². The Hall–Kier alpha value is -1.39. The molecule has 1 amide bonds. The molecule has 4 aliphatic rings. The Kier molecular flexibility index (Phi) is 4.59. The molecule has 2 bridgehead atoms. The third-order valence-electron chi connectivity index (χ3n) is 6.42. The third kappa shape index (κ3) is 2.98. The van der Waals surface area contributed by atoms with Crippen molar-refractivity contribution in [3.8, 4) is 0 Å². The lowest BCUT2D eigenvalue weighted by Crippen LogP contribution is -2.71. The summed E-state index contributed by atoms with van der Waals surface area (Å²) in [4.78, 5) is 17.9. The first-order valence-electron chi connectivity index (χ1n) is 9.59. The Bertz CT molecular complexity index is 562. The van der Waals surface area contributed by atoms with E-state index in [1.807, 2.05) is 30.3 Å². The number of piperidine rings is 4. The number of fused-ring (bicyclic) bond motifs is 3. The highest BCUT2D eigenvalue weighted by Gasteiger charge is 2.50. The molecule has 1 atom stereocenters. The zero-order valence-electron chi connectivity index (χ0n) is 14.5. The van der Waals surface area contributed by atoms with Crippen molar-refractivity contribution < 1.29 is 4.79 Å².